The molecule has 0 aliphatic rings. The highest BCUT2D eigenvalue weighted by molar-refractivity contribution is 7.50. The molecule has 4 aromatic carbocycles. The van der Waals surface area contributed by atoms with Crippen LogP contribution in [0.4, 0.5) is 4.39 Å². The van der Waals surface area contributed by atoms with Gasteiger partial charge in [-0.05, 0) is 67.9 Å². The van der Waals surface area contributed by atoms with E-state index in [1.54, 1.807) is 51.3 Å². The van der Waals surface area contributed by atoms with Crippen LogP contribution in [0.5, 0.6) is 5.75 Å². The van der Waals surface area contributed by atoms with Crippen molar-refractivity contribution >= 4 is 42.6 Å². The number of hydrogen-bond donors (Lipinski definition) is 0. The van der Waals surface area contributed by atoms with Crippen molar-refractivity contribution < 1.29 is 28.2 Å². The number of hydrogen-bond acceptors (Lipinski definition) is 5. The first-order valence-corrected chi connectivity index (χ1v) is 13.3. The van der Waals surface area contributed by atoms with Gasteiger partial charge in [-0.3, -0.25) is 0 Å². The first kappa shape index (κ1) is 25.4. The predicted octanol–water partition coefficient (Wildman–Crippen LogP) is 7.51. The average Bonchev–Trinajstić information content (AvgIpc) is 3.25. The van der Waals surface area contributed by atoms with Crippen molar-refractivity contribution in [3.05, 3.63) is 108 Å². The lowest BCUT2D eigenvalue weighted by molar-refractivity contribution is -0.161. The second-order valence-corrected chi connectivity index (χ2v) is 11.2. The molecule has 1 heterocycles. The maximum Gasteiger partial charge on any atom is 0.345 e. The zero-order valence-electron chi connectivity index (χ0n) is 21.2. The zero-order chi connectivity index (χ0) is 26.9. The van der Waals surface area contributed by atoms with Crippen LogP contribution in [0.1, 0.15) is 29.8 Å². The summed E-state index contributed by atoms with van der Waals surface area (Å²) in [6, 6.07) is 27.4. The number of ether oxygens (including phenoxy) is 3. The highest BCUT2D eigenvalue weighted by atomic mass is 32.2. The van der Waals surface area contributed by atoms with Crippen LogP contribution in [0.3, 0.4) is 0 Å². The number of rotatable bonds is 7. The third-order valence-electron chi connectivity index (χ3n) is 6.33. The number of thiophene rings is 1. The van der Waals surface area contributed by atoms with Gasteiger partial charge in [0.25, 0.3) is 0 Å². The van der Waals surface area contributed by atoms with Crippen LogP contribution in [0, 0.1) is 5.82 Å². The number of benzene rings is 4. The van der Waals surface area contributed by atoms with E-state index in [2.05, 4.69) is 24.3 Å². The monoisotopic (exact) mass is 529 g/mol. The fraction of sp³-hybridized carbons (Fsp3) is 0.161. The second-order valence-electron chi connectivity index (χ2n) is 9.24. The lowest BCUT2D eigenvalue weighted by atomic mass is 9.98. The standard InChI is InChI=1S/C31H26FO5S/c1-31(2,21-9-8-10-22(32)18-21)37-29(33)19-36-30(34)20-15-16-25(35-3)28(17-20)38-26-13-6-4-11-23(26)24-12-5-7-14-27(24)38/h4-18H,19H2,1-3H3/q+1. The number of fused-ring (bicyclic) bond motifs is 3. The fourth-order valence-electron chi connectivity index (χ4n) is 4.50. The van der Waals surface area contributed by atoms with Crippen molar-refractivity contribution in [2.45, 2.75) is 19.4 Å². The van der Waals surface area contributed by atoms with Crippen molar-refractivity contribution in [1.82, 2.24) is 0 Å². The van der Waals surface area contributed by atoms with Crippen LogP contribution in [0.15, 0.2) is 91.0 Å². The number of halogens is 1. The molecule has 5 nitrogen and oxygen atoms in total. The van der Waals surface area contributed by atoms with Crippen molar-refractivity contribution in [2.75, 3.05) is 13.7 Å². The molecular weight excluding hydrogens is 503 g/mol. The normalized spacial score (nSPS) is 11.5. The number of carbonyl (C=O) groups is 2. The molecular formula is C31H26FO5S+. The first-order valence-electron chi connectivity index (χ1n) is 12.0. The maximum absolute atomic E-state index is 13.6. The van der Waals surface area contributed by atoms with Crippen LogP contribution in [-0.4, -0.2) is 25.7 Å². The van der Waals surface area contributed by atoms with Gasteiger partial charge in [-0.15, -0.1) is 0 Å². The minimum atomic E-state index is -1.09. The number of carbonyl (C=O) groups excluding carboxylic acids is 2. The van der Waals surface area contributed by atoms with Gasteiger partial charge in [-0.25, -0.2) is 14.0 Å². The van der Waals surface area contributed by atoms with Gasteiger partial charge in [0, 0.05) is 27.3 Å². The van der Waals surface area contributed by atoms with Gasteiger partial charge in [0.1, 0.15) is 11.4 Å². The quantitative estimate of drug-likeness (QED) is 0.161. The minimum absolute atomic E-state index is 0.298. The Kier molecular flexibility index (Phi) is 6.87. The molecule has 0 bridgehead atoms. The molecule has 5 aromatic rings. The van der Waals surface area contributed by atoms with E-state index in [1.807, 2.05) is 24.3 Å². The average molecular weight is 530 g/mol. The molecule has 38 heavy (non-hydrogen) atoms. The van der Waals surface area contributed by atoms with Gasteiger partial charge in [0.2, 0.25) is 4.90 Å². The largest absolute Gasteiger partial charge is 0.491 e. The molecule has 192 valence electrons. The van der Waals surface area contributed by atoms with Gasteiger partial charge >= 0.3 is 11.9 Å². The number of esters is 2. The maximum atomic E-state index is 13.6. The van der Waals surface area contributed by atoms with E-state index < -0.39 is 40.4 Å². The molecule has 0 aliphatic heterocycles. The SMILES string of the molecule is COc1ccc(C(=O)OCC(=O)OC(C)(C)c2cccc(F)c2)cc1-[s+]1c2ccccc2c2ccccc21. The Bertz CT molecular complexity index is 1620. The lowest BCUT2D eigenvalue weighted by Crippen LogP contribution is -2.28. The van der Waals surface area contributed by atoms with Crippen LogP contribution >= 0.6 is 10.5 Å². The Balaban J connectivity index is 1.40. The molecule has 0 saturated carbocycles. The summed E-state index contributed by atoms with van der Waals surface area (Å²) in [5, 5.41) is 2.32. The van der Waals surface area contributed by atoms with Crippen molar-refractivity contribution in [3.8, 4) is 10.6 Å². The lowest BCUT2D eigenvalue weighted by Gasteiger charge is -2.25. The van der Waals surface area contributed by atoms with E-state index in [9.17, 15) is 14.0 Å². The topological polar surface area (TPSA) is 61.8 Å². The van der Waals surface area contributed by atoms with Crippen LogP contribution in [0.2, 0.25) is 0 Å². The van der Waals surface area contributed by atoms with E-state index in [4.69, 9.17) is 14.2 Å². The van der Waals surface area contributed by atoms with E-state index in [0.717, 1.165) is 25.1 Å². The summed E-state index contributed by atoms with van der Waals surface area (Å²) in [5.41, 5.74) is -0.300. The first-order chi connectivity index (χ1) is 18.3. The molecule has 0 atom stereocenters. The summed E-state index contributed by atoms with van der Waals surface area (Å²) in [5.74, 6) is -1.16. The van der Waals surface area contributed by atoms with E-state index in [0.29, 0.717) is 16.9 Å². The van der Waals surface area contributed by atoms with E-state index in [-0.39, 0.29) is 0 Å². The van der Waals surface area contributed by atoms with Crippen molar-refractivity contribution in [1.29, 1.82) is 0 Å². The zero-order valence-corrected chi connectivity index (χ0v) is 22.0. The Morgan fingerprint density at radius 3 is 2.13 bits per heavy atom. The number of methoxy groups -OCH3 is 1. The summed E-state index contributed by atoms with van der Waals surface area (Å²) in [6.07, 6.45) is 0. The molecule has 0 unspecified atom stereocenters. The molecule has 0 aliphatic carbocycles. The molecule has 7 heteroatoms. The summed E-state index contributed by atoms with van der Waals surface area (Å²) in [6.45, 7) is 2.72. The van der Waals surface area contributed by atoms with E-state index >= 15 is 0 Å². The minimum Gasteiger partial charge on any atom is -0.491 e. The third-order valence-corrected chi connectivity index (χ3v) is 8.68. The van der Waals surface area contributed by atoms with Crippen LogP contribution < -0.4 is 4.74 Å². The van der Waals surface area contributed by atoms with E-state index in [1.165, 1.54) is 12.1 Å². The molecule has 0 saturated heterocycles. The summed E-state index contributed by atoms with van der Waals surface area (Å²) >= 11 is 0. The van der Waals surface area contributed by atoms with Crippen LogP contribution in [0.25, 0.3) is 25.1 Å². The predicted molar refractivity (Wildman–Crippen MR) is 148 cm³/mol. The molecule has 0 fully saturated rings. The molecule has 0 spiro atoms. The Morgan fingerprint density at radius 1 is 0.842 bits per heavy atom. The third kappa shape index (κ3) is 4.85. The molecule has 0 N–H and O–H groups in total. The Labute approximate surface area is 222 Å². The fourth-order valence-corrected chi connectivity index (χ4v) is 7.03. The summed E-state index contributed by atoms with van der Waals surface area (Å²) in [4.78, 5) is 26.3. The Hall–Kier alpha value is -4.23. The Morgan fingerprint density at radius 2 is 1.50 bits per heavy atom. The molecule has 5 rings (SSSR count). The highest BCUT2D eigenvalue weighted by Crippen LogP contribution is 2.51. The van der Waals surface area contributed by atoms with Crippen molar-refractivity contribution in [2.24, 2.45) is 0 Å². The second kappa shape index (κ2) is 10.3. The molecule has 0 radical (unpaired) electrons. The van der Waals surface area contributed by atoms with Crippen molar-refractivity contribution in [3.63, 3.8) is 0 Å². The molecule has 0 amide bonds. The van der Waals surface area contributed by atoms with Gasteiger partial charge in [-0.1, -0.05) is 36.4 Å². The highest BCUT2D eigenvalue weighted by Gasteiger charge is 2.29. The smallest absolute Gasteiger partial charge is 0.345 e. The summed E-state index contributed by atoms with van der Waals surface area (Å²) in [7, 11) is 1.12. The van der Waals surface area contributed by atoms with Gasteiger partial charge < -0.3 is 14.2 Å². The summed E-state index contributed by atoms with van der Waals surface area (Å²) < 4.78 is 32.4. The van der Waals surface area contributed by atoms with Gasteiger partial charge in [0.05, 0.1) is 12.7 Å². The van der Waals surface area contributed by atoms with Gasteiger partial charge in [-0.2, -0.15) is 0 Å². The van der Waals surface area contributed by atoms with Crippen LogP contribution in [-0.2, 0) is 19.9 Å². The molecule has 1 aromatic heterocycles. The van der Waals surface area contributed by atoms with Gasteiger partial charge in [0.15, 0.2) is 21.8 Å².